The van der Waals surface area contributed by atoms with E-state index in [2.05, 4.69) is 5.32 Å². The number of methoxy groups -OCH3 is 1. The third kappa shape index (κ3) is 2.66. The van der Waals surface area contributed by atoms with Crippen molar-refractivity contribution in [3.63, 3.8) is 0 Å². The van der Waals surface area contributed by atoms with E-state index in [1.54, 1.807) is 36.4 Å². The lowest BCUT2D eigenvalue weighted by Gasteiger charge is -2.17. The van der Waals surface area contributed by atoms with Crippen LogP contribution in [0.5, 0.6) is 5.75 Å². The minimum Gasteiger partial charge on any atom is -0.495 e. The van der Waals surface area contributed by atoms with Gasteiger partial charge in [-0.1, -0.05) is 41.9 Å². The highest BCUT2D eigenvalue weighted by Gasteiger charge is 2.40. The molecule has 3 rings (SSSR count). The van der Waals surface area contributed by atoms with Gasteiger partial charge in [0.2, 0.25) is 0 Å². The molecule has 0 radical (unpaired) electrons. The number of ether oxygens (including phenoxy) is 1. The molecule has 0 saturated carbocycles. The van der Waals surface area contributed by atoms with E-state index in [1.807, 2.05) is 18.2 Å². The fraction of sp³-hybridized carbons (Fsp3) is 0.0588. The zero-order valence-corrected chi connectivity index (χ0v) is 13.0. The Labute approximate surface area is 138 Å². The summed E-state index contributed by atoms with van der Waals surface area (Å²) in [4.78, 5) is 26.1. The van der Waals surface area contributed by atoms with E-state index in [0.717, 1.165) is 4.90 Å². The maximum Gasteiger partial charge on any atom is 0.283 e. The Hall–Kier alpha value is -2.79. The maximum atomic E-state index is 12.6. The lowest BCUT2D eigenvalue weighted by molar-refractivity contribution is -0.120. The van der Waals surface area contributed by atoms with Crippen LogP contribution in [-0.2, 0) is 9.59 Å². The Morgan fingerprint density at radius 1 is 0.957 bits per heavy atom. The number of anilines is 2. The number of nitrogens with one attached hydrogen (secondary N) is 1. The molecule has 0 atom stereocenters. The summed E-state index contributed by atoms with van der Waals surface area (Å²) in [5.74, 6) is -0.687. The summed E-state index contributed by atoms with van der Waals surface area (Å²) >= 11 is 6.08. The Kier molecular flexibility index (Phi) is 4.04. The van der Waals surface area contributed by atoms with E-state index in [0.29, 0.717) is 17.1 Å². The molecule has 1 aliphatic heterocycles. The van der Waals surface area contributed by atoms with Crippen LogP contribution in [0.25, 0.3) is 0 Å². The molecule has 2 aromatic rings. The minimum absolute atomic E-state index is 0.0498. The second-order valence-electron chi connectivity index (χ2n) is 4.80. The molecule has 0 fully saturated rings. The first kappa shape index (κ1) is 15.1. The molecular weight excluding hydrogens is 316 g/mol. The van der Waals surface area contributed by atoms with Crippen molar-refractivity contribution in [1.82, 2.24) is 0 Å². The lowest BCUT2D eigenvalue weighted by atomic mass is 10.2. The summed E-state index contributed by atoms with van der Waals surface area (Å²) in [6.07, 6.45) is 0. The molecule has 0 bridgehead atoms. The third-order valence-electron chi connectivity index (χ3n) is 3.40. The number of amides is 2. The van der Waals surface area contributed by atoms with Crippen LogP contribution in [0, 0.1) is 0 Å². The second-order valence-corrected chi connectivity index (χ2v) is 5.18. The van der Waals surface area contributed by atoms with Crippen LogP contribution in [0.3, 0.4) is 0 Å². The predicted octanol–water partition coefficient (Wildman–Crippen LogP) is 3.13. The zero-order chi connectivity index (χ0) is 16.4. The van der Waals surface area contributed by atoms with Crippen molar-refractivity contribution in [3.05, 3.63) is 65.3 Å². The summed E-state index contributed by atoms with van der Waals surface area (Å²) in [7, 11) is 1.47. The Morgan fingerprint density at radius 2 is 1.61 bits per heavy atom. The van der Waals surface area contributed by atoms with Crippen molar-refractivity contribution >= 4 is 34.8 Å². The van der Waals surface area contributed by atoms with Crippen LogP contribution >= 0.6 is 11.6 Å². The number of nitrogens with zero attached hydrogens (tertiary/aromatic N) is 1. The van der Waals surface area contributed by atoms with E-state index in [9.17, 15) is 9.59 Å². The average molecular weight is 329 g/mol. The van der Waals surface area contributed by atoms with Gasteiger partial charge in [-0.15, -0.1) is 0 Å². The highest BCUT2D eigenvalue weighted by Crippen LogP contribution is 2.35. The number of carbonyl (C=O) groups excluding carboxylic acids is 2. The van der Waals surface area contributed by atoms with Gasteiger partial charge >= 0.3 is 0 Å². The van der Waals surface area contributed by atoms with Gasteiger partial charge in [0, 0.05) is 5.69 Å². The van der Waals surface area contributed by atoms with Crippen LogP contribution in [0.4, 0.5) is 11.4 Å². The number of hydrogen-bond acceptors (Lipinski definition) is 4. The van der Waals surface area contributed by atoms with Crippen molar-refractivity contribution in [2.45, 2.75) is 0 Å². The first-order valence-corrected chi connectivity index (χ1v) is 7.25. The second kappa shape index (κ2) is 6.14. The molecule has 1 aliphatic rings. The van der Waals surface area contributed by atoms with E-state index in [-0.39, 0.29) is 10.7 Å². The van der Waals surface area contributed by atoms with Gasteiger partial charge in [0.25, 0.3) is 11.8 Å². The first-order valence-electron chi connectivity index (χ1n) is 6.87. The lowest BCUT2D eigenvalue weighted by Crippen LogP contribution is -2.32. The van der Waals surface area contributed by atoms with Gasteiger partial charge in [-0.2, -0.15) is 0 Å². The predicted molar refractivity (Wildman–Crippen MR) is 88.4 cm³/mol. The molecule has 23 heavy (non-hydrogen) atoms. The SMILES string of the molecule is COc1ccccc1N1C(=O)C(Cl)=C(Nc2ccccc2)C1=O. The van der Waals surface area contributed by atoms with Gasteiger partial charge in [-0.3, -0.25) is 9.59 Å². The van der Waals surface area contributed by atoms with Crippen LogP contribution in [0.1, 0.15) is 0 Å². The van der Waals surface area contributed by atoms with Gasteiger partial charge < -0.3 is 10.1 Å². The highest BCUT2D eigenvalue weighted by molar-refractivity contribution is 6.53. The molecule has 0 spiro atoms. The van der Waals surface area contributed by atoms with E-state index in [4.69, 9.17) is 16.3 Å². The van der Waals surface area contributed by atoms with Crippen LogP contribution in [0.15, 0.2) is 65.3 Å². The van der Waals surface area contributed by atoms with Gasteiger partial charge in [0.1, 0.15) is 16.5 Å². The van der Waals surface area contributed by atoms with Gasteiger partial charge in [0.05, 0.1) is 12.8 Å². The van der Waals surface area contributed by atoms with Crippen molar-refractivity contribution < 1.29 is 14.3 Å². The number of rotatable bonds is 4. The van der Waals surface area contributed by atoms with Crippen LogP contribution < -0.4 is 15.0 Å². The fourth-order valence-electron chi connectivity index (χ4n) is 2.31. The normalized spacial score (nSPS) is 14.4. The largest absolute Gasteiger partial charge is 0.495 e. The molecule has 1 N–H and O–H groups in total. The maximum absolute atomic E-state index is 12.6. The first-order chi connectivity index (χ1) is 11.1. The Balaban J connectivity index is 1.96. The fourth-order valence-corrected chi connectivity index (χ4v) is 2.52. The van der Waals surface area contributed by atoms with Crippen molar-refractivity contribution in [1.29, 1.82) is 0 Å². The van der Waals surface area contributed by atoms with Gasteiger partial charge in [-0.25, -0.2) is 4.90 Å². The average Bonchev–Trinajstić information content (AvgIpc) is 2.79. The van der Waals surface area contributed by atoms with Crippen molar-refractivity contribution in [2.75, 3.05) is 17.3 Å². The topological polar surface area (TPSA) is 58.6 Å². The van der Waals surface area contributed by atoms with Crippen molar-refractivity contribution in [3.8, 4) is 5.75 Å². The third-order valence-corrected chi connectivity index (χ3v) is 3.75. The molecule has 6 heteroatoms. The standard InChI is InChI=1S/C17H13ClN2O3/c1-23-13-10-6-5-9-12(13)20-16(21)14(18)15(17(20)22)19-11-7-3-2-4-8-11/h2-10,19H,1H3. The quantitative estimate of drug-likeness (QED) is 0.876. The molecular formula is C17H13ClN2O3. The highest BCUT2D eigenvalue weighted by atomic mass is 35.5. The van der Waals surface area contributed by atoms with Gasteiger partial charge in [0.15, 0.2) is 0 Å². The monoisotopic (exact) mass is 328 g/mol. The summed E-state index contributed by atoms with van der Waals surface area (Å²) in [6.45, 7) is 0. The van der Waals surface area contributed by atoms with E-state index >= 15 is 0 Å². The van der Waals surface area contributed by atoms with E-state index in [1.165, 1.54) is 7.11 Å². The number of hydrogen-bond donors (Lipinski definition) is 1. The number of imide groups is 1. The minimum atomic E-state index is -0.584. The molecule has 0 unspecified atom stereocenters. The molecule has 0 saturated heterocycles. The van der Waals surface area contributed by atoms with Gasteiger partial charge in [-0.05, 0) is 24.3 Å². The Bertz CT molecular complexity index is 802. The van der Waals surface area contributed by atoms with Crippen molar-refractivity contribution in [2.24, 2.45) is 0 Å². The van der Waals surface area contributed by atoms with Crippen LogP contribution in [0.2, 0.25) is 0 Å². The Morgan fingerprint density at radius 3 is 2.30 bits per heavy atom. The summed E-state index contributed by atoms with van der Waals surface area (Å²) in [5.41, 5.74) is 1.07. The molecule has 1 heterocycles. The molecule has 116 valence electrons. The number of para-hydroxylation sites is 3. The number of benzene rings is 2. The zero-order valence-electron chi connectivity index (χ0n) is 12.2. The summed E-state index contributed by atoms with van der Waals surface area (Å²) in [6, 6.07) is 15.8. The smallest absolute Gasteiger partial charge is 0.283 e. The summed E-state index contributed by atoms with van der Waals surface area (Å²) < 4.78 is 5.22. The summed E-state index contributed by atoms with van der Waals surface area (Å²) in [5, 5.41) is 2.75. The molecule has 0 aromatic heterocycles. The number of carbonyl (C=O) groups is 2. The van der Waals surface area contributed by atoms with E-state index < -0.39 is 11.8 Å². The number of halogens is 1. The molecule has 0 aliphatic carbocycles. The molecule has 2 amide bonds. The molecule has 5 nitrogen and oxygen atoms in total. The molecule has 2 aromatic carbocycles. The van der Waals surface area contributed by atoms with Crippen LogP contribution in [-0.4, -0.2) is 18.9 Å².